The third-order valence-corrected chi connectivity index (χ3v) is 6.60. The van der Waals surface area contributed by atoms with E-state index in [0.717, 1.165) is 11.1 Å². The third kappa shape index (κ3) is 4.69. The Morgan fingerprint density at radius 3 is 2.03 bits per heavy atom. The minimum Gasteiger partial charge on any atom is -0.354 e. The first-order valence-electron chi connectivity index (χ1n) is 9.71. The molecule has 31 heavy (non-hydrogen) atoms. The van der Waals surface area contributed by atoms with E-state index in [9.17, 15) is 18.0 Å². The molecule has 1 heterocycles. The number of aromatic amines is 1. The summed E-state index contributed by atoms with van der Waals surface area (Å²) >= 11 is 0. The molecule has 7 nitrogen and oxygen atoms in total. The molecule has 0 saturated carbocycles. The van der Waals surface area contributed by atoms with Crippen LogP contribution < -0.4 is 10.0 Å². The van der Waals surface area contributed by atoms with Gasteiger partial charge in [-0.3, -0.25) is 14.3 Å². The van der Waals surface area contributed by atoms with E-state index >= 15 is 0 Å². The lowest BCUT2D eigenvalue weighted by molar-refractivity contribution is 0.101. The molecule has 0 bridgehead atoms. The van der Waals surface area contributed by atoms with Crippen molar-refractivity contribution >= 4 is 33.1 Å². The molecule has 3 aromatic rings. The van der Waals surface area contributed by atoms with Crippen LogP contribution in [0, 0.1) is 27.7 Å². The molecular weight excluding hydrogens is 414 g/mol. The summed E-state index contributed by atoms with van der Waals surface area (Å²) in [6.07, 6.45) is 0. The van der Waals surface area contributed by atoms with Crippen molar-refractivity contribution in [2.75, 3.05) is 10.0 Å². The smallest absolute Gasteiger partial charge is 0.272 e. The molecule has 0 aliphatic rings. The standard InChI is InChI=1S/C23H25N3O4S/c1-13-6-7-19(12-14(13)2)26-31(29,30)20-10-8-18(9-11-20)25-23(28)22-15(3)21(17(5)27)16(4)24-22/h6-12,24,26H,1-5H3,(H,25,28). The van der Waals surface area contributed by atoms with Crippen molar-refractivity contribution < 1.29 is 18.0 Å². The number of rotatable bonds is 6. The van der Waals surface area contributed by atoms with Crippen LogP contribution in [0.15, 0.2) is 47.4 Å². The van der Waals surface area contributed by atoms with Crippen LogP contribution in [0.1, 0.15) is 50.2 Å². The van der Waals surface area contributed by atoms with Crippen LogP contribution in [0.4, 0.5) is 11.4 Å². The Bertz CT molecular complexity index is 1270. The number of amides is 1. The van der Waals surface area contributed by atoms with Crippen molar-refractivity contribution in [3.63, 3.8) is 0 Å². The maximum absolute atomic E-state index is 12.7. The highest BCUT2D eigenvalue weighted by atomic mass is 32.2. The molecule has 0 aliphatic carbocycles. The van der Waals surface area contributed by atoms with Gasteiger partial charge in [0.05, 0.1) is 4.90 Å². The Morgan fingerprint density at radius 2 is 1.48 bits per heavy atom. The zero-order chi connectivity index (χ0) is 22.9. The molecule has 1 amide bonds. The SMILES string of the molecule is CC(=O)c1c(C)[nH]c(C(=O)Nc2ccc(S(=O)(=O)Nc3ccc(C)c(C)c3)cc2)c1C. The molecule has 2 aromatic carbocycles. The second-order valence-electron chi connectivity index (χ2n) is 7.56. The lowest BCUT2D eigenvalue weighted by Crippen LogP contribution is -2.15. The first kappa shape index (κ1) is 22.3. The number of Topliss-reactive ketones (excluding diaryl/α,β-unsaturated/α-hetero) is 1. The van der Waals surface area contributed by atoms with Gasteiger partial charge >= 0.3 is 0 Å². The van der Waals surface area contributed by atoms with Crippen LogP contribution >= 0.6 is 0 Å². The van der Waals surface area contributed by atoms with Crippen molar-refractivity contribution in [2.45, 2.75) is 39.5 Å². The van der Waals surface area contributed by atoms with Gasteiger partial charge in [-0.1, -0.05) is 6.07 Å². The van der Waals surface area contributed by atoms with Gasteiger partial charge in [0.25, 0.3) is 15.9 Å². The molecule has 0 saturated heterocycles. The zero-order valence-electron chi connectivity index (χ0n) is 18.1. The van der Waals surface area contributed by atoms with Crippen molar-refractivity contribution in [1.82, 2.24) is 4.98 Å². The molecule has 0 spiro atoms. The van der Waals surface area contributed by atoms with Gasteiger partial charge in [-0.05, 0) is 87.7 Å². The molecular formula is C23H25N3O4S. The summed E-state index contributed by atoms with van der Waals surface area (Å²) < 4.78 is 27.9. The number of hydrogen-bond acceptors (Lipinski definition) is 4. The molecule has 0 unspecified atom stereocenters. The summed E-state index contributed by atoms with van der Waals surface area (Å²) in [5, 5.41) is 2.72. The summed E-state index contributed by atoms with van der Waals surface area (Å²) in [5.41, 5.74) is 5.01. The van der Waals surface area contributed by atoms with E-state index in [0.29, 0.717) is 33.9 Å². The number of ketones is 1. The fourth-order valence-electron chi connectivity index (χ4n) is 3.44. The maximum atomic E-state index is 12.7. The number of aromatic nitrogens is 1. The van der Waals surface area contributed by atoms with E-state index < -0.39 is 15.9 Å². The Kier molecular flexibility index (Phi) is 6.03. The first-order chi connectivity index (χ1) is 14.5. The molecule has 0 atom stereocenters. The van der Waals surface area contributed by atoms with Gasteiger partial charge in [0, 0.05) is 22.6 Å². The average Bonchev–Trinajstić information content (AvgIpc) is 2.99. The summed E-state index contributed by atoms with van der Waals surface area (Å²) in [4.78, 5) is 27.4. The fourth-order valence-corrected chi connectivity index (χ4v) is 4.48. The lowest BCUT2D eigenvalue weighted by atomic mass is 10.1. The van der Waals surface area contributed by atoms with Crippen molar-refractivity contribution in [2.24, 2.45) is 0 Å². The quantitative estimate of drug-likeness (QED) is 0.491. The topological polar surface area (TPSA) is 108 Å². The number of H-pyrrole nitrogens is 1. The van der Waals surface area contributed by atoms with E-state index in [4.69, 9.17) is 0 Å². The van der Waals surface area contributed by atoms with E-state index in [1.54, 1.807) is 26.0 Å². The number of carbonyl (C=O) groups excluding carboxylic acids is 2. The van der Waals surface area contributed by atoms with Gasteiger partial charge in [-0.25, -0.2) is 8.42 Å². The maximum Gasteiger partial charge on any atom is 0.272 e. The van der Waals surface area contributed by atoms with Crippen LogP contribution in [0.25, 0.3) is 0 Å². The summed E-state index contributed by atoms with van der Waals surface area (Å²) in [6.45, 7) is 8.77. The van der Waals surface area contributed by atoms with Gasteiger partial charge in [0.1, 0.15) is 5.69 Å². The Balaban J connectivity index is 1.77. The molecule has 3 N–H and O–H groups in total. The van der Waals surface area contributed by atoms with Crippen LogP contribution in [0.2, 0.25) is 0 Å². The number of sulfonamides is 1. The van der Waals surface area contributed by atoms with E-state index in [-0.39, 0.29) is 10.7 Å². The predicted octanol–water partition coefficient (Wildman–Crippen LogP) is 4.50. The van der Waals surface area contributed by atoms with Gasteiger partial charge in [0.2, 0.25) is 0 Å². The Hall–Kier alpha value is -3.39. The monoisotopic (exact) mass is 439 g/mol. The first-order valence-corrected chi connectivity index (χ1v) is 11.2. The molecule has 0 radical (unpaired) electrons. The number of anilines is 2. The fraction of sp³-hybridized carbons (Fsp3) is 0.217. The van der Waals surface area contributed by atoms with Gasteiger partial charge < -0.3 is 10.3 Å². The summed E-state index contributed by atoms with van der Waals surface area (Å²) in [5.74, 6) is -0.520. The number of carbonyl (C=O) groups is 2. The average molecular weight is 440 g/mol. The number of hydrogen-bond donors (Lipinski definition) is 3. The number of aryl methyl sites for hydroxylation is 3. The molecule has 3 rings (SSSR count). The van der Waals surface area contributed by atoms with Gasteiger partial charge in [0.15, 0.2) is 5.78 Å². The van der Waals surface area contributed by atoms with Crippen LogP contribution in [0.3, 0.4) is 0 Å². The summed E-state index contributed by atoms with van der Waals surface area (Å²) in [6, 6.07) is 11.2. The van der Waals surface area contributed by atoms with Crippen LogP contribution in [0.5, 0.6) is 0 Å². The van der Waals surface area contributed by atoms with E-state index in [1.807, 2.05) is 19.9 Å². The minimum atomic E-state index is -3.77. The second-order valence-corrected chi connectivity index (χ2v) is 9.25. The highest BCUT2D eigenvalue weighted by Gasteiger charge is 2.20. The third-order valence-electron chi connectivity index (χ3n) is 5.20. The van der Waals surface area contributed by atoms with E-state index in [2.05, 4.69) is 15.0 Å². The molecule has 0 fully saturated rings. The number of benzene rings is 2. The van der Waals surface area contributed by atoms with Crippen LogP contribution in [-0.4, -0.2) is 25.1 Å². The molecule has 8 heteroatoms. The molecule has 1 aromatic heterocycles. The largest absolute Gasteiger partial charge is 0.354 e. The van der Waals surface area contributed by atoms with Gasteiger partial charge in [-0.15, -0.1) is 0 Å². The Morgan fingerprint density at radius 1 is 0.871 bits per heavy atom. The normalized spacial score (nSPS) is 11.3. The van der Waals surface area contributed by atoms with Crippen molar-refractivity contribution in [3.05, 3.63) is 76.1 Å². The lowest BCUT2D eigenvalue weighted by Gasteiger charge is -2.11. The highest BCUT2D eigenvalue weighted by Crippen LogP contribution is 2.22. The zero-order valence-corrected chi connectivity index (χ0v) is 18.9. The van der Waals surface area contributed by atoms with Crippen LogP contribution in [-0.2, 0) is 10.0 Å². The van der Waals surface area contributed by atoms with Crippen molar-refractivity contribution in [1.29, 1.82) is 0 Å². The molecule has 162 valence electrons. The Labute approximate surface area is 181 Å². The summed E-state index contributed by atoms with van der Waals surface area (Å²) in [7, 11) is -3.77. The predicted molar refractivity (Wildman–Crippen MR) is 121 cm³/mol. The second kappa shape index (κ2) is 8.39. The highest BCUT2D eigenvalue weighted by molar-refractivity contribution is 7.92. The molecule has 0 aliphatic heterocycles. The minimum absolute atomic E-state index is 0.0782. The number of nitrogens with one attached hydrogen (secondary N) is 3. The van der Waals surface area contributed by atoms with Gasteiger partial charge in [-0.2, -0.15) is 0 Å². The van der Waals surface area contributed by atoms with Crippen molar-refractivity contribution in [3.8, 4) is 0 Å². The van der Waals surface area contributed by atoms with E-state index in [1.165, 1.54) is 31.2 Å².